The summed E-state index contributed by atoms with van der Waals surface area (Å²) in [7, 11) is 0. The largest absolute Gasteiger partial charge is 0.379 e. The van der Waals surface area contributed by atoms with E-state index < -0.39 is 0 Å². The predicted molar refractivity (Wildman–Crippen MR) is 77.4 cm³/mol. The van der Waals surface area contributed by atoms with Crippen molar-refractivity contribution in [3.63, 3.8) is 0 Å². The normalized spacial score (nSPS) is 17.3. The molecular weight excluding hydrogens is 242 g/mol. The Labute approximate surface area is 112 Å². The Morgan fingerprint density at radius 3 is 2.89 bits per heavy atom. The summed E-state index contributed by atoms with van der Waals surface area (Å²) in [5, 5.41) is 3.77. The molecule has 0 spiro atoms. The standard InChI is InChI=1S/C15H19NOS/c1-2-6-15-14(5-1)13(12-18-15)4-3-7-16-8-10-17-11-9-16/h1-2,5-6,12H,3-4,7-11H2. The molecule has 0 unspecified atom stereocenters. The topological polar surface area (TPSA) is 12.5 Å². The molecule has 2 nitrogen and oxygen atoms in total. The molecule has 1 aromatic heterocycles. The highest BCUT2D eigenvalue weighted by atomic mass is 32.1. The SMILES string of the molecule is c1ccc2c(CCCN3CCOCC3)csc2c1. The van der Waals surface area contributed by atoms with Gasteiger partial charge in [-0.3, -0.25) is 4.90 Å². The van der Waals surface area contributed by atoms with E-state index in [1.54, 1.807) is 0 Å². The van der Waals surface area contributed by atoms with Crippen LogP contribution < -0.4 is 0 Å². The predicted octanol–water partition coefficient (Wildman–Crippen LogP) is 3.17. The quantitative estimate of drug-likeness (QED) is 0.838. The highest BCUT2D eigenvalue weighted by Crippen LogP contribution is 2.26. The zero-order valence-corrected chi connectivity index (χ0v) is 11.4. The van der Waals surface area contributed by atoms with Crippen LogP contribution in [0.15, 0.2) is 29.6 Å². The van der Waals surface area contributed by atoms with Gasteiger partial charge in [0.05, 0.1) is 13.2 Å². The lowest BCUT2D eigenvalue weighted by Crippen LogP contribution is -2.36. The monoisotopic (exact) mass is 261 g/mol. The summed E-state index contributed by atoms with van der Waals surface area (Å²) in [5.41, 5.74) is 1.52. The van der Waals surface area contributed by atoms with Crippen molar-refractivity contribution in [3.8, 4) is 0 Å². The summed E-state index contributed by atoms with van der Waals surface area (Å²) < 4.78 is 6.79. The van der Waals surface area contributed by atoms with E-state index >= 15 is 0 Å². The highest BCUT2D eigenvalue weighted by Gasteiger charge is 2.10. The van der Waals surface area contributed by atoms with Crippen LogP contribution in [0, 0.1) is 0 Å². The molecule has 1 aromatic carbocycles. The number of fused-ring (bicyclic) bond motifs is 1. The highest BCUT2D eigenvalue weighted by molar-refractivity contribution is 7.17. The number of nitrogens with zero attached hydrogens (tertiary/aromatic N) is 1. The first-order valence-corrected chi connectivity index (χ1v) is 7.57. The van der Waals surface area contributed by atoms with Crippen LogP contribution in [0.3, 0.4) is 0 Å². The van der Waals surface area contributed by atoms with Gasteiger partial charge >= 0.3 is 0 Å². The Kier molecular flexibility index (Phi) is 3.93. The van der Waals surface area contributed by atoms with Crippen molar-refractivity contribution >= 4 is 21.4 Å². The molecule has 18 heavy (non-hydrogen) atoms. The van der Waals surface area contributed by atoms with Crippen LogP contribution in [-0.2, 0) is 11.2 Å². The first kappa shape index (κ1) is 12.2. The van der Waals surface area contributed by atoms with Crippen molar-refractivity contribution in [1.29, 1.82) is 0 Å². The second-order valence-electron chi connectivity index (χ2n) is 4.81. The maximum atomic E-state index is 5.37. The van der Waals surface area contributed by atoms with E-state index in [4.69, 9.17) is 4.74 Å². The third-order valence-electron chi connectivity index (χ3n) is 3.59. The Hall–Kier alpha value is -0.900. The Balaban J connectivity index is 1.56. The van der Waals surface area contributed by atoms with Crippen molar-refractivity contribution in [2.24, 2.45) is 0 Å². The molecule has 1 aliphatic rings. The summed E-state index contributed by atoms with van der Waals surface area (Å²) in [4.78, 5) is 2.51. The maximum absolute atomic E-state index is 5.37. The lowest BCUT2D eigenvalue weighted by Gasteiger charge is -2.26. The fraction of sp³-hybridized carbons (Fsp3) is 0.467. The molecule has 3 rings (SSSR count). The molecule has 0 bridgehead atoms. The number of benzene rings is 1. The Morgan fingerprint density at radius 2 is 2.00 bits per heavy atom. The average molecular weight is 261 g/mol. The average Bonchev–Trinajstić information content (AvgIpc) is 2.84. The maximum Gasteiger partial charge on any atom is 0.0594 e. The van der Waals surface area contributed by atoms with Crippen molar-refractivity contribution in [1.82, 2.24) is 4.90 Å². The molecule has 3 heteroatoms. The number of morpholine rings is 1. The zero-order chi connectivity index (χ0) is 12.2. The molecule has 0 radical (unpaired) electrons. The lowest BCUT2D eigenvalue weighted by molar-refractivity contribution is 0.0375. The van der Waals surface area contributed by atoms with Gasteiger partial charge in [-0.1, -0.05) is 18.2 Å². The van der Waals surface area contributed by atoms with Gasteiger partial charge in [0, 0.05) is 17.8 Å². The lowest BCUT2D eigenvalue weighted by atomic mass is 10.1. The minimum atomic E-state index is 0.904. The molecule has 0 amide bonds. The van der Waals surface area contributed by atoms with Gasteiger partial charge < -0.3 is 4.74 Å². The molecule has 0 saturated carbocycles. The summed E-state index contributed by atoms with van der Waals surface area (Å²) in [5.74, 6) is 0. The first-order chi connectivity index (χ1) is 8.93. The van der Waals surface area contributed by atoms with Gasteiger partial charge in [0.25, 0.3) is 0 Å². The van der Waals surface area contributed by atoms with Crippen molar-refractivity contribution in [3.05, 3.63) is 35.2 Å². The molecule has 2 aromatic rings. The second-order valence-corrected chi connectivity index (χ2v) is 5.73. The molecule has 1 fully saturated rings. The van der Waals surface area contributed by atoms with Crippen molar-refractivity contribution < 1.29 is 4.74 Å². The van der Waals surface area contributed by atoms with Gasteiger partial charge in [-0.15, -0.1) is 11.3 Å². The smallest absolute Gasteiger partial charge is 0.0594 e. The van der Waals surface area contributed by atoms with Gasteiger partial charge in [-0.05, 0) is 41.8 Å². The van der Waals surface area contributed by atoms with E-state index in [0.717, 1.165) is 26.3 Å². The summed E-state index contributed by atoms with van der Waals surface area (Å²) in [6.07, 6.45) is 2.45. The van der Waals surface area contributed by atoms with Gasteiger partial charge in [0.2, 0.25) is 0 Å². The van der Waals surface area contributed by atoms with Crippen LogP contribution in [0.5, 0.6) is 0 Å². The van der Waals surface area contributed by atoms with Crippen LogP contribution in [0.25, 0.3) is 10.1 Å². The third-order valence-corrected chi connectivity index (χ3v) is 4.60. The van der Waals surface area contributed by atoms with E-state index in [2.05, 4.69) is 34.5 Å². The molecule has 0 N–H and O–H groups in total. The van der Waals surface area contributed by atoms with Gasteiger partial charge in [0.1, 0.15) is 0 Å². The van der Waals surface area contributed by atoms with E-state index in [1.807, 2.05) is 11.3 Å². The van der Waals surface area contributed by atoms with Gasteiger partial charge in [-0.25, -0.2) is 0 Å². The van der Waals surface area contributed by atoms with Gasteiger partial charge in [-0.2, -0.15) is 0 Å². The third kappa shape index (κ3) is 2.74. The summed E-state index contributed by atoms with van der Waals surface area (Å²) in [6, 6.07) is 8.72. The number of ether oxygens (including phenoxy) is 1. The van der Waals surface area contributed by atoms with Crippen LogP contribution in [0.1, 0.15) is 12.0 Å². The van der Waals surface area contributed by atoms with Crippen LogP contribution in [0.4, 0.5) is 0 Å². The minimum absolute atomic E-state index is 0.904. The van der Waals surface area contributed by atoms with Crippen LogP contribution >= 0.6 is 11.3 Å². The molecular formula is C15H19NOS. The molecule has 0 aliphatic carbocycles. The Morgan fingerprint density at radius 1 is 1.17 bits per heavy atom. The minimum Gasteiger partial charge on any atom is -0.379 e. The number of hydrogen-bond acceptors (Lipinski definition) is 3. The van der Waals surface area contributed by atoms with E-state index in [9.17, 15) is 0 Å². The summed E-state index contributed by atoms with van der Waals surface area (Å²) >= 11 is 1.87. The van der Waals surface area contributed by atoms with Crippen molar-refractivity contribution in [2.45, 2.75) is 12.8 Å². The molecule has 1 saturated heterocycles. The van der Waals surface area contributed by atoms with E-state index in [1.165, 1.54) is 35.0 Å². The fourth-order valence-corrected chi connectivity index (χ4v) is 3.54. The molecule has 1 aliphatic heterocycles. The van der Waals surface area contributed by atoms with Crippen LogP contribution in [-0.4, -0.2) is 37.7 Å². The molecule has 2 heterocycles. The Bertz CT molecular complexity index is 502. The van der Waals surface area contributed by atoms with E-state index in [0.29, 0.717) is 0 Å². The zero-order valence-electron chi connectivity index (χ0n) is 10.6. The number of aryl methyl sites for hydroxylation is 1. The van der Waals surface area contributed by atoms with Crippen LogP contribution in [0.2, 0.25) is 0 Å². The molecule has 0 atom stereocenters. The second kappa shape index (κ2) is 5.83. The number of hydrogen-bond donors (Lipinski definition) is 0. The number of thiophene rings is 1. The first-order valence-electron chi connectivity index (χ1n) is 6.69. The molecule has 96 valence electrons. The summed E-state index contributed by atoms with van der Waals surface area (Å²) in [6.45, 7) is 5.21. The number of rotatable bonds is 4. The van der Waals surface area contributed by atoms with Gasteiger partial charge in [0.15, 0.2) is 0 Å². The fourth-order valence-electron chi connectivity index (χ4n) is 2.54. The van der Waals surface area contributed by atoms with Crippen molar-refractivity contribution in [2.75, 3.05) is 32.8 Å². The van der Waals surface area contributed by atoms with E-state index in [-0.39, 0.29) is 0 Å².